The minimum atomic E-state index is -6.15. The number of halogens is 6. The number of alkyl halides is 5. The lowest BCUT2D eigenvalue weighted by Gasteiger charge is -2.19. The van der Waals surface area contributed by atoms with Gasteiger partial charge < -0.3 is 0 Å². The molecule has 0 N–H and O–H groups in total. The molecule has 0 fully saturated rings. The summed E-state index contributed by atoms with van der Waals surface area (Å²) in [6, 6.07) is 3.44. The van der Waals surface area contributed by atoms with Gasteiger partial charge in [0.05, 0.1) is 4.90 Å². The summed E-state index contributed by atoms with van der Waals surface area (Å²) in [7, 11) is -5.79. The highest BCUT2D eigenvalue weighted by atomic mass is 79.9. The Labute approximate surface area is 101 Å². The standard InChI is InChI=1S/C8H4BrF5O2S/c9-5-1-3-6(4-2-5)17(15,16)8(13,14)7(10,11)12/h1-4H. The molecule has 0 amide bonds. The minimum absolute atomic E-state index is 0.353. The van der Waals surface area contributed by atoms with Gasteiger partial charge in [0.15, 0.2) is 0 Å². The molecule has 1 aromatic carbocycles. The van der Waals surface area contributed by atoms with Crippen LogP contribution in [0.4, 0.5) is 22.0 Å². The van der Waals surface area contributed by atoms with E-state index in [9.17, 15) is 30.4 Å². The molecule has 0 radical (unpaired) electrons. The van der Waals surface area contributed by atoms with Crippen molar-refractivity contribution in [3.8, 4) is 0 Å². The third-order valence-corrected chi connectivity index (χ3v) is 4.12. The fourth-order valence-corrected chi connectivity index (χ4v) is 2.27. The third kappa shape index (κ3) is 2.44. The molecule has 0 aliphatic rings. The van der Waals surface area contributed by atoms with Crippen molar-refractivity contribution in [1.29, 1.82) is 0 Å². The molecule has 1 rings (SSSR count). The monoisotopic (exact) mass is 338 g/mol. The number of hydrogen-bond donors (Lipinski definition) is 0. The number of sulfone groups is 1. The van der Waals surface area contributed by atoms with E-state index in [-0.39, 0.29) is 0 Å². The molecule has 0 bridgehead atoms. The van der Waals surface area contributed by atoms with Gasteiger partial charge in [0, 0.05) is 4.47 Å². The largest absolute Gasteiger partial charge is 0.469 e. The molecule has 0 aliphatic carbocycles. The quantitative estimate of drug-likeness (QED) is 0.775. The Kier molecular flexibility index (Phi) is 3.55. The number of rotatable bonds is 2. The number of hydrogen-bond acceptors (Lipinski definition) is 2. The van der Waals surface area contributed by atoms with E-state index in [1.165, 1.54) is 0 Å². The third-order valence-electron chi connectivity index (χ3n) is 1.79. The Balaban J connectivity index is 3.35. The van der Waals surface area contributed by atoms with E-state index in [1.807, 2.05) is 0 Å². The highest BCUT2D eigenvalue weighted by Gasteiger charge is 2.67. The first kappa shape index (κ1) is 14.4. The van der Waals surface area contributed by atoms with E-state index < -0.39 is 26.2 Å². The molecular formula is C8H4BrF5O2S. The van der Waals surface area contributed by atoms with Crippen LogP contribution in [0.2, 0.25) is 0 Å². The Bertz CT molecular complexity index is 506. The fraction of sp³-hybridized carbons (Fsp3) is 0.250. The minimum Gasteiger partial charge on any atom is -0.217 e. The molecule has 0 saturated heterocycles. The maximum atomic E-state index is 12.8. The lowest BCUT2D eigenvalue weighted by atomic mass is 10.4. The van der Waals surface area contributed by atoms with Crippen LogP contribution in [0.5, 0.6) is 0 Å². The van der Waals surface area contributed by atoms with E-state index in [2.05, 4.69) is 15.9 Å². The summed E-state index contributed by atoms with van der Waals surface area (Å²) in [5, 5.41) is -5.81. The molecule has 0 spiro atoms. The molecule has 0 aliphatic heterocycles. The highest BCUT2D eigenvalue weighted by molar-refractivity contribution is 9.10. The Morgan fingerprint density at radius 1 is 0.941 bits per heavy atom. The average molecular weight is 339 g/mol. The molecule has 0 aromatic heterocycles. The van der Waals surface area contributed by atoms with Gasteiger partial charge in [-0.2, -0.15) is 22.0 Å². The summed E-state index contributed by atoms with van der Waals surface area (Å²) in [5.74, 6) is 0. The topological polar surface area (TPSA) is 34.1 Å². The molecule has 9 heteroatoms. The van der Waals surface area contributed by atoms with Crippen LogP contribution in [0.15, 0.2) is 33.6 Å². The van der Waals surface area contributed by atoms with Gasteiger partial charge in [0.1, 0.15) is 0 Å². The van der Waals surface area contributed by atoms with Crippen LogP contribution in [0.25, 0.3) is 0 Å². The van der Waals surface area contributed by atoms with Crippen molar-refractivity contribution in [2.24, 2.45) is 0 Å². The maximum absolute atomic E-state index is 12.8. The summed E-state index contributed by atoms with van der Waals surface area (Å²) < 4.78 is 84.0. The maximum Gasteiger partial charge on any atom is 0.469 e. The first-order chi connectivity index (χ1) is 7.50. The van der Waals surface area contributed by atoms with E-state index in [0.29, 0.717) is 16.6 Å². The van der Waals surface area contributed by atoms with Crippen molar-refractivity contribution in [2.75, 3.05) is 0 Å². The smallest absolute Gasteiger partial charge is 0.217 e. The normalized spacial score (nSPS) is 13.8. The summed E-state index contributed by atoms with van der Waals surface area (Å²) in [5.41, 5.74) is 0. The second-order valence-corrected chi connectivity index (χ2v) is 5.88. The van der Waals surface area contributed by atoms with E-state index in [0.717, 1.165) is 12.1 Å². The van der Waals surface area contributed by atoms with Gasteiger partial charge in [0.2, 0.25) is 0 Å². The predicted molar refractivity (Wildman–Crippen MR) is 52.3 cm³/mol. The van der Waals surface area contributed by atoms with Gasteiger partial charge in [0.25, 0.3) is 9.84 Å². The molecule has 1 aromatic rings. The van der Waals surface area contributed by atoms with Crippen LogP contribution >= 0.6 is 15.9 Å². The van der Waals surface area contributed by atoms with Crippen LogP contribution in [0.1, 0.15) is 0 Å². The highest BCUT2D eigenvalue weighted by Crippen LogP contribution is 2.42. The zero-order valence-corrected chi connectivity index (χ0v) is 10.2. The summed E-state index contributed by atoms with van der Waals surface area (Å²) in [6.07, 6.45) is -6.15. The van der Waals surface area contributed by atoms with Crippen molar-refractivity contribution < 1.29 is 30.4 Å². The van der Waals surface area contributed by atoms with Crippen LogP contribution < -0.4 is 0 Å². The molecule has 0 heterocycles. The zero-order valence-electron chi connectivity index (χ0n) is 7.80. The molecule has 96 valence electrons. The lowest BCUT2D eigenvalue weighted by Crippen LogP contribution is -2.43. The second kappa shape index (κ2) is 4.20. The number of benzene rings is 1. The Morgan fingerprint density at radius 3 is 1.71 bits per heavy atom. The van der Waals surface area contributed by atoms with E-state index in [4.69, 9.17) is 0 Å². The van der Waals surface area contributed by atoms with Crippen molar-refractivity contribution in [1.82, 2.24) is 0 Å². The van der Waals surface area contributed by atoms with Crippen LogP contribution in [0.3, 0.4) is 0 Å². The van der Waals surface area contributed by atoms with Gasteiger partial charge in [-0.15, -0.1) is 0 Å². The van der Waals surface area contributed by atoms with Crippen molar-refractivity contribution in [3.05, 3.63) is 28.7 Å². The SMILES string of the molecule is O=S(=O)(c1ccc(Br)cc1)C(F)(F)C(F)(F)F. The van der Waals surface area contributed by atoms with Gasteiger partial charge in [-0.3, -0.25) is 0 Å². The van der Waals surface area contributed by atoms with Crippen molar-refractivity contribution in [2.45, 2.75) is 16.3 Å². The molecule has 0 unspecified atom stereocenters. The summed E-state index contributed by atoms with van der Waals surface area (Å²) >= 11 is 2.90. The van der Waals surface area contributed by atoms with Crippen LogP contribution in [-0.2, 0) is 9.84 Å². The van der Waals surface area contributed by atoms with Gasteiger partial charge in [-0.25, -0.2) is 8.42 Å². The van der Waals surface area contributed by atoms with Gasteiger partial charge in [-0.05, 0) is 24.3 Å². The molecule has 0 saturated carbocycles. The zero-order chi connectivity index (χ0) is 13.5. The van der Waals surface area contributed by atoms with E-state index >= 15 is 0 Å². The molecule has 0 atom stereocenters. The average Bonchev–Trinajstić information content (AvgIpc) is 2.16. The lowest BCUT2D eigenvalue weighted by molar-refractivity contribution is -0.241. The second-order valence-electron chi connectivity index (χ2n) is 2.97. The van der Waals surface area contributed by atoms with Gasteiger partial charge >= 0.3 is 11.4 Å². The summed E-state index contributed by atoms with van der Waals surface area (Å²) in [4.78, 5) is -1.09. The Hall–Kier alpha value is -0.700. The van der Waals surface area contributed by atoms with Crippen LogP contribution in [-0.4, -0.2) is 19.8 Å². The predicted octanol–water partition coefficient (Wildman–Crippen LogP) is 3.38. The first-order valence-corrected chi connectivity index (χ1v) is 6.22. The van der Waals surface area contributed by atoms with Crippen molar-refractivity contribution >= 4 is 25.8 Å². The fourth-order valence-electron chi connectivity index (χ4n) is 0.914. The molecule has 2 nitrogen and oxygen atoms in total. The van der Waals surface area contributed by atoms with Crippen LogP contribution in [0, 0.1) is 0 Å². The van der Waals surface area contributed by atoms with Crippen molar-refractivity contribution in [3.63, 3.8) is 0 Å². The molecule has 17 heavy (non-hydrogen) atoms. The van der Waals surface area contributed by atoms with Gasteiger partial charge in [-0.1, -0.05) is 15.9 Å². The first-order valence-electron chi connectivity index (χ1n) is 3.95. The Morgan fingerprint density at radius 2 is 1.35 bits per heavy atom. The summed E-state index contributed by atoms with van der Waals surface area (Å²) in [6.45, 7) is 0. The van der Waals surface area contributed by atoms with E-state index in [1.54, 1.807) is 0 Å². The molecular weight excluding hydrogens is 335 g/mol.